The highest BCUT2D eigenvalue weighted by Crippen LogP contribution is 2.40. The van der Waals surface area contributed by atoms with E-state index in [-0.39, 0.29) is 11.5 Å². The molecule has 23 heavy (non-hydrogen) atoms. The predicted molar refractivity (Wildman–Crippen MR) is 85.8 cm³/mol. The Morgan fingerprint density at radius 2 is 2.17 bits per heavy atom. The lowest BCUT2D eigenvalue weighted by Gasteiger charge is -2.50. The molecule has 0 radical (unpaired) electrons. The molecule has 2 aliphatic heterocycles. The third kappa shape index (κ3) is 3.71. The van der Waals surface area contributed by atoms with Crippen molar-refractivity contribution in [2.75, 3.05) is 46.9 Å². The fourth-order valence-electron chi connectivity index (χ4n) is 3.31. The maximum absolute atomic E-state index is 12.1. The minimum atomic E-state index is -0.180. The molecule has 3 heterocycles. The zero-order valence-corrected chi connectivity index (χ0v) is 13.9. The molecule has 1 spiro atoms. The van der Waals surface area contributed by atoms with Crippen LogP contribution >= 0.6 is 0 Å². The van der Waals surface area contributed by atoms with Gasteiger partial charge in [0, 0.05) is 24.9 Å². The van der Waals surface area contributed by atoms with E-state index in [1.54, 1.807) is 12.4 Å². The smallest absolute Gasteiger partial charge is 0.236 e. The van der Waals surface area contributed by atoms with Crippen molar-refractivity contribution in [2.24, 2.45) is 5.92 Å². The molecule has 2 fully saturated rings. The van der Waals surface area contributed by atoms with E-state index >= 15 is 0 Å². The molecule has 3 rings (SSSR count). The number of hydrogen-bond acceptors (Lipinski definition) is 5. The van der Waals surface area contributed by atoms with Gasteiger partial charge >= 0.3 is 0 Å². The fraction of sp³-hybridized carbons (Fsp3) is 0.647. The molecule has 6 heteroatoms. The standard InChI is InChI=1S/C17H25N3O3/c1-19(2)9-16(21)20-12-17(13-20)15(5-8-23-17)11-22-10-14-3-6-18-7-4-14/h3-4,6-7,15H,5,8-13H2,1-2H3. The maximum Gasteiger partial charge on any atom is 0.236 e. The maximum atomic E-state index is 12.1. The summed E-state index contributed by atoms with van der Waals surface area (Å²) in [5.74, 6) is 0.542. The molecule has 2 aliphatic rings. The largest absolute Gasteiger partial charge is 0.376 e. The van der Waals surface area contributed by atoms with E-state index in [0.717, 1.165) is 18.6 Å². The van der Waals surface area contributed by atoms with Crippen molar-refractivity contribution >= 4 is 5.91 Å². The number of hydrogen-bond donors (Lipinski definition) is 0. The van der Waals surface area contributed by atoms with Crippen molar-refractivity contribution in [2.45, 2.75) is 18.6 Å². The molecule has 1 unspecified atom stereocenters. The molecule has 2 saturated heterocycles. The Hall–Kier alpha value is -1.50. The third-order valence-electron chi connectivity index (χ3n) is 4.66. The number of nitrogens with zero attached hydrogens (tertiary/aromatic N) is 3. The van der Waals surface area contributed by atoms with Gasteiger partial charge in [-0.1, -0.05) is 0 Å². The Bertz CT molecular complexity index is 529. The summed E-state index contributed by atoms with van der Waals surface area (Å²) in [6.45, 7) is 3.89. The lowest BCUT2D eigenvalue weighted by molar-refractivity contribution is -0.169. The topological polar surface area (TPSA) is 54.9 Å². The highest BCUT2D eigenvalue weighted by Gasteiger charge is 2.54. The molecule has 0 saturated carbocycles. The molecule has 1 atom stereocenters. The second kappa shape index (κ2) is 6.95. The first-order valence-electron chi connectivity index (χ1n) is 8.12. The van der Waals surface area contributed by atoms with Crippen LogP contribution in [0.3, 0.4) is 0 Å². The van der Waals surface area contributed by atoms with Gasteiger partial charge in [-0.2, -0.15) is 0 Å². The van der Waals surface area contributed by atoms with E-state index in [4.69, 9.17) is 9.47 Å². The Morgan fingerprint density at radius 3 is 2.87 bits per heavy atom. The molecule has 6 nitrogen and oxygen atoms in total. The minimum Gasteiger partial charge on any atom is -0.376 e. The lowest BCUT2D eigenvalue weighted by Crippen LogP contribution is -2.67. The molecule has 1 aromatic heterocycles. The molecule has 126 valence electrons. The van der Waals surface area contributed by atoms with Crippen LogP contribution in [0.25, 0.3) is 0 Å². The molecule has 0 bridgehead atoms. The fourth-order valence-corrected chi connectivity index (χ4v) is 3.31. The summed E-state index contributed by atoms with van der Waals surface area (Å²) >= 11 is 0. The Kier molecular flexibility index (Phi) is 4.94. The monoisotopic (exact) mass is 319 g/mol. The molecule has 1 amide bonds. The summed E-state index contributed by atoms with van der Waals surface area (Å²) in [6, 6.07) is 3.93. The number of likely N-dealkylation sites (tertiary alicyclic amines) is 1. The molecule has 0 N–H and O–H groups in total. The van der Waals surface area contributed by atoms with E-state index in [2.05, 4.69) is 4.98 Å². The van der Waals surface area contributed by atoms with Crippen LogP contribution in [0.2, 0.25) is 0 Å². The summed E-state index contributed by atoms with van der Waals surface area (Å²) in [6.07, 6.45) is 4.56. The van der Waals surface area contributed by atoms with E-state index in [1.165, 1.54) is 0 Å². The first-order chi connectivity index (χ1) is 11.1. The summed E-state index contributed by atoms with van der Waals surface area (Å²) in [4.78, 5) is 19.9. The van der Waals surface area contributed by atoms with Crippen LogP contribution in [0.1, 0.15) is 12.0 Å². The van der Waals surface area contributed by atoms with Crippen LogP contribution in [0.4, 0.5) is 0 Å². The van der Waals surface area contributed by atoms with Gasteiger partial charge in [-0.15, -0.1) is 0 Å². The third-order valence-corrected chi connectivity index (χ3v) is 4.66. The van der Waals surface area contributed by atoms with Crippen molar-refractivity contribution < 1.29 is 14.3 Å². The molecule has 0 aliphatic carbocycles. The van der Waals surface area contributed by atoms with Crippen LogP contribution in [0.5, 0.6) is 0 Å². The number of amides is 1. The zero-order valence-electron chi connectivity index (χ0n) is 13.9. The van der Waals surface area contributed by atoms with Crippen molar-refractivity contribution in [1.82, 2.24) is 14.8 Å². The number of ether oxygens (including phenoxy) is 2. The van der Waals surface area contributed by atoms with E-state index in [1.807, 2.05) is 36.0 Å². The number of aromatic nitrogens is 1. The first-order valence-corrected chi connectivity index (χ1v) is 8.12. The highest BCUT2D eigenvalue weighted by molar-refractivity contribution is 5.79. The normalized spacial score (nSPS) is 22.6. The van der Waals surface area contributed by atoms with Gasteiger partial charge in [-0.05, 0) is 38.2 Å². The number of rotatable bonds is 6. The van der Waals surface area contributed by atoms with Gasteiger partial charge in [0.15, 0.2) is 0 Å². The highest BCUT2D eigenvalue weighted by atomic mass is 16.5. The summed E-state index contributed by atoms with van der Waals surface area (Å²) in [5, 5.41) is 0. The molecule has 0 aromatic carbocycles. The number of likely N-dealkylation sites (N-methyl/N-ethyl adjacent to an activating group) is 1. The average Bonchev–Trinajstić information content (AvgIpc) is 2.90. The Balaban J connectivity index is 1.46. The number of carbonyl (C=O) groups is 1. The number of carbonyl (C=O) groups excluding carboxylic acids is 1. The summed E-state index contributed by atoms with van der Waals surface area (Å²) in [5.41, 5.74) is 0.949. The van der Waals surface area contributed by atoms with Gasteiger partial charge in [0.1, 0.15) is 5.60 Å². The van der Waals surface area contributed by atoms with E-state index < -0.39 is 0 Å². The summed E-state index contributed by atoms with van der Waals surface area (Å²) < 4.78 is 11.9. The van der Waals surface area contributed by atoms with E-state index in [9.17, 15) is 4.79 Å². The Morgan fingerprint density at radius 1 is 1.43 bits per heavy atom. The average molecular weight is 319 g/mol. The Labute approximate surface area is 137 Å². The van der Waals surface area contributed by atoms with Crippen LogP contribution in [0.15, 0.2) is 24.5 Å². The van der Waals surface area contributed by atoms with Gasteiger partial charge in [0.25, 0.3) is 0 Å². The van der Waals surface area contributed by atoms with Crippen LogP contribution < -0.4 is 0 Å². The molecule has 1 aromatic rings. The van der Waals surface area contributed by atoms with Crippen molar-refractivity contribution in [3.63, 3.8) is 0 Å². The second-order valence-corrected chi connectivity index (χ2v) is 6.76. The van der Waals surface area contributed by atoms with Gasteiger partial charge in [-0.3, -0.25) is 9.78 Å². The van der Waals surface area contributed by atoms with Gasteiger partial charge in [-0.25, -0.2) is 0 Å². The van der Waals surface area contributed by atoms with Crippen molar-refractivity contribution in [1.29, 1.82) is 0 Å². The molecular weight excluding hydrogens is 294 g/mol. The predicted octanol–water partition coefficient (Wildman–Crippen LogP) is 0.777. The SMILES string of the molecule is CN(C)CC(=O)N1CC2(C1)OCCC2COCc1ccncc1. The minimum absolute atomic E-state index is 0.174. The number of pyridine rings is 1. The van der Waals surface area contributed by atoms with Crippen molar-refractivity contribution in [3.8, 4) is 0 Å². The van der Waals surface area contributed by atoms with Crippen LogP contribution in [0, 0.1) is 5.92 Å². The molecular formula is C17H25N3O3. The van der Waals surface area contributed by atoms with Gasteiger partial charge in [0.05, 0.1) is 32.8 Å². The van der Waals surface area contributed by atoms with Crippen molar-refractivity contribution in [3.05, 3.63) is 30.1 Å². The quantitative estimate of drug-likeness (QED) is 0.775. The van der Waals surface area contributed by atoms with E-state index in [0.29, 0.717) is 38.8 Å². The lowest BCUT2D eigenvalue weighted by atomic mass is 9.81. The van der Waals surface area contributed by atoms with Crippen LogP contribution in [-0.2, 0) is 20.9 Å². The van der Waals surface area contributed by atoms with Gasteiger partial charge in [0.2, 0.25) is 5.91 Å². The first kappa shape index (κ1) is 16.4. The van der Waals surface area contributed by atoms with Gasteiger partial charge < -0.3 is 19.3 Å². The zero-order chi connectivity index (χ0) is 16.3. The van der Waals surface area contributed by atoms with Crippen LogP contribution in [-0.4, -0.2) is 73.2 Å². The summed E-state index contributed by atoms with van der Waals surface area (Å²) in [7, 11) is 3.82. The second-order valence-electron chi connectivity index (χ2n) is 6.76.